The minimum Gasteiger partial charge on any atom is -0.466 e. The molecule has 88 valence electrons. The highest BCUT2D eigenvalue weighted by Gasteiger charge is 2.05. The van der Waals surface area contributed by atoms with Crippen LogP contribution in [-0.2, 0) is 14.3 Å². The first-order valence-electron chi connectivity index (χ1n) is 5.16. The van der Waals surface area contributed by atoms with E-state index in [1.165, 1.54) is 0 Å². The van der Waals surface area contributed by atoms with Gasteiger partial charge >= 0.3 is 5.97 Å². The van der Waals surface area contributed by atoms with Crippen molar-refractivity contribution in [1.82, 2.24) is 5.32 Å². The molecule has 0 aliphatic heterocycles. The Labute approximate surface area is 89.8 Å². The van der Waals surface area contributed by atoms with Crippen LogP contribution in [0.4, 0.5) is 0 Å². The Balaban J connectivity index is 3.42. The van der Waals surface area contributed by atoms with Gasteiger partial charge in [-0.3, -0.25) is 9.59 Å². The van der Waals surface area contributed by atoms with Crippen molar-refractivity contribution in [2.45, 2.75) is 39.2 Å². The Hall–Kier alpha value is -1.10. The quantitative estimate of drug-likeness (QED) is 0.598. The van der Waals surface area contributed by atoms with Crippen LogP contribution >= 0.6 is 0 Å². The number of aliphatic hydroxyl groups excluding tert-OH is 1. The minimum absolute atomic E-state index is 0.153. The van der Waals surface area contributed by atoms with E-state index in [4.69, 9.17) is 9.84 Å². The first-order valence-corrected chi connectivity index (χ1v) is 5.16. The maximum Gasteiger partial charge on any atom is 0.307 e. The molecule has 0 radical (unpaired) electrons. The Morgan fingerprint density at radius 1 is 1.40 bits per heavy atom. The summed E-state index contributed by atoms with van der Waals surface area (Å²) in [6.45, 7) is 4.01. The number of carbonyl (C=O) groups excluding carboxylic acids is 2. The number of nitrogens with one attached hydrogen (secondary N) is 1. The summed E-state index contributed by atoms with van der Waals surface area (Å²) < 4.78 is 4.69. The zero-order valence-electron chi connectivity index (χ0n) is 9.28. The molecule has 0 saturated heterocycles. The number of amides is 1. The standard InChI is InChI=1S/C10H19NO4/c1-3-15-10(14)6-7-11-9(13)5-4-8(2)12/h8,12H,3-7H2,1-2H3,(H,11,13). The van der Waals surface area contributed by atoms with Crippen molar-refractivity contribution >= 4 is 11.9 Å². The van der Waals surface area contributed by atoms with E-state index in [0.29, 0.717) is 13.0 Å². The highest BCUT2D eigenvalue weighted by atomic mass is 16.5. The predicted octanol–water partition coefficient (Wildman–Crippen LogP) is 0.217. The number of esters is 1. The van der Waals surface area contributed by atoms with Gasteiger partial charge in [0.25, 0.3) is 0 Å². The maximum absolute atomic E-state index is 11.1. The van der Waals surface area contributed by atoms with Crippen LogP contribution in [0, 0.1) is 0 Å². The predicted molar refractivity (Wildman–Crippen MR) is 55.2 cm³/mol. The molecule has 1 atom stereocenters. The van der Waals surface area contributed by atoms with Gasteiger partial charge in [0, 0.05) is 13.0 Å². The monoisotopic (exact) mass is 217 g/mol. The fourth-order valence-corrected chi connectivity index (χ4v) is 0.966. The molecule has 0 aliphatic rings. The van der Waals surface area contributed by atoms with E-state index >= 15 is 0 Å². The van der Waals surface area contributed by atoms with Gasteiger partial charge in [-0.15, -0.1) is 0 Å². The summed E-state index contributed by atoms with van der Waals surface area (Å²) in [5, 5.41) is 11.5. The SMILES string of the molecule is CCOC(=O)CCNC(=O)CCC(C)O. The first kappa shape index (κ1) is 13.9. The number of aliphatic hydroxyl groups is 1. The van der Waals surface area contributed by atoms with E-state index in [-0.39, 0.29) is 31.3 Å². The molecular weight excluding hydrogens is 198 g/mol. The highest BCUT2D eigenvalue weighted by molar-refractivity contribution is 5.77. The van der Waals surface area contributed by atoms with E-state index in [1.807, 2.05) is 0 Å². The van der Waals surface area contributed by atoms with Gasteiger partial charge < -0.3 is 15.2 Å². The van der Waals surface area contributed by atoms with Crippen LogP contribution in [0.15, 0.2) is 0 Å². The lowest BCUT2D eigenvalue weighted by molar-refractivity contribution is -0.143. The third-order valence-electron chi connectivity index (χ3n) is 1.75. The van der Waals surface area contributed by atoms with Gasteiger partial charge in [-0.05, 0) is 20.3 Å². The lowest BCUT2D eigenvalue weighted by Crippen LogP contribution is -2.27. The lowest BCUT2D eigenvalue weighted by Gasteiger charge is -2.06. The average Bonchev–Trinajstić information content (AvgIpc) is 2.15. The zero-order valence-corrected chi connectivity index (χ0v) is 9.28. The minimum atomic E-state index is -0.471. The van der Waals surface area contributed by atoms with Gasteiger partial charge in [-0.2, -0.15) is 0 Å². The topological polar surface area (TPSA) is 75.6 Å². The number of hydrogen-bond donors (Lipinski definition) is 2. The van der Waals surface area contributed by atoms with Gasteiger partial charge in [0.05, 0.1) is 19.1 Å². The summed E-state index contributed by atoms with van der Waals surface area (Å²) in [4.78, 5) is 22.0. The van der Waals surface area contributed by atoms with E-state index in [1.54, 1.807) is 13.8 Å². The largest absolute Gasteiger partial charge is 0.466 e. The zero-order chi connectivity index (χ0) is 11.7. The van der Waals surface area contributed by atoms with Crippen molar-refractivity contribution in [3.8, 4) is 0 Å². The molecule has 0 fully saturated rings. The number of hydrogen-bond acceptors (Lipinski definition) is 4. The summed E-state index contributed by atoms with van der Waals surface area (Å²) in [7, 11) is 0. The fourth-order valence-electron chi connectivity index (χ4n) is 0.966. The van der Waals surface area contributed by atoms with Crippen molar-refractivity contribution in [2.75, 3.05) is 13.2 Å². The maximum atomic E-state index is 11.1. The van der Waals surface area contributed by atoms with Gasteiger partial charge in [-0.25, -0.2) is 0 Å². The summed E-state index contributed by atoms with van der Waals surface area (Å²) in [6, 6.07) is 0. The van der Waals surface area contributed by atoms with Gasteiger partial charge in [-0.1, -0.05) is 0 Å². The van der Waals surface area contributed by atoms with Crippen molar-refractivity contribution < 1.29 is 19.4 Å². The second-order valence-electron chi connectivity index (χ2n) is 3.29. The number of ether oxygens (including phenoxy) is 1. The van der Waals surface area contributed by atoms with E-state index in [2.05, 4.69) is 5.32 Å². The number of rotatable bonds is 7. The smallest absolute Gasteiger partial charge is 0.307 e. The molecule has 5 heteroatoms. The molecule has 0 heterocycles. The first-order chi connectivity index (χ1) is 7.06. The second kappa shape index (κ2) is 8.23. The molecule has 1 unspecified atom stereocenters. The van der Waals surface area contributed by atoms with Gasteiger partial charge in [0.1, 0.15) is 0 Å². The highest BCUT2D eigenvalue weighted by Crippen LogP contribution is 1.95. The van der Waals surface area contributed by atoms with E-state index in [9.17, 15) is 9.59 Å². The molecular formula is C10H19NO4. The third-order valence-corrected chi connectivity index (χ3v) is 1.75. The third kappa shape index (κ3) is 9.21. The fraction of sp³-hybridized carbons (Fsp3) is 0.800. The summed E-state index contributed by atoms with van der Waals surface area (Å²) in [5.74, 6) is -0.464. The molecule has 0 saturated carbocycles. The molecule has 0 bridgehead atoms. The van der Waals surface area contributed by atoms with E-state index in [0.717, 1.165) is 0 Å². The van der Waals surface area contributed by atoms with Crippen LogP contribution in [-0.4, -0.2) is 36.2 Å². The molecule has 2 N–H and O–H groups in total. The van der Waals surface area contributed by atoms with Gasteiger partial charge in [0.2, 0.25) is 5.91 Å². The van der Waals surface area contributed by atoms with Crippen LogP contribution in [0.3, 0.4) is 0 Å². The Bertz CT molecular complexity index is 204. The molecule has 0 aromatic rings. The summed E-state index contributed by atoms with van der Waals surface area (Å²) >= 11 is 0. The normalized spacial score (nSPS) is 11.9. The van der Waals surface area contributed by atoms with Crippen molar-refractivity contribution in [3.63, 3.8) is 0 Å². The van der Waals surface area contributed by atoms with Crippen LogP contribution in [0.1, 0.15) is 33.1 Å². The van der Waals surface area contributed by atoms with E-state index < -0.39 is 6.10 Å². The van der Waals surface area contributed by atoms with Crippen molar-refractivity contribution in [3.05, 3.63) is 0 Å². The molecule has 5 nitrogen and oxygen atoms in total. The molecule has 0 rings (SSSR count). The molecule has 0 aromatic heterocycles. The number of carbonyl (C=O) groups is 2. The molecule has 0 aromatic carbocycles. The Morgan fingerprint density at radius 2 is 2.07 bits per heavy atom. The molecule has 0 spiro atoms. The summed E-state index contributed by atoms with van der Waals surface area (Å²) in [6.07, 6.45) is 0.431. The van der Waals surface area contributed by atoms with Crippen molar-refractivity contribution in [2.24, 2.45) is 0 Å². The van der Waals surface area contributed by atoms with Crippen molar-refractivity contribution in [1.29, 1.82) is 0 Å². The van der Waals surface area contributed by atoms with Crippen LogP contribution < -0.4 is 5.32 Å². The van der Waals surface area contributed by atoms with Crippen LogP contribution in [0.25, 0.3) is 0 Å². The second-order valence-corrected chi connectivity index (χ2v) is 3.29. The average molecular weight is 217 g/mol. The molecule has 0 aliphatic carbocycles. The Kier molecular flexibility index (Phi) is 7.62. The summed E-state index contributed by atoms with van der Waals surface area (Å²) in [5.41, 5.74) is 0. The Morgan fingerprint density at radius 3 is 2.60 bits per heavy atom. The lowest BCUT2D eigenvalue weighted by atomic mass is 10.2. The van der Waals surface area contributed by atoms with Crippen LogP contribution in [0.2, 0.25) is 0 Å². The molecule has 1 amide bonds. The van der Waals surface area contributed by atoms with Gasteiger partial charge in [0.15, 0.2) is 0 Å². The van der Waals surface area contributed by atoms with Crippen LogP contribution in [0.5, 0.6) is 0 Å². The molecule has 15 heavy (non-hydrogen) atoms.